The molecule has 0 amide bonds. The van der Waals surface area contributed by atoms with E-state index in [0.29, 0.717) is 6.42 Å². The van der Waals surface area contributed by atoms with Crippen molar-refractivity contribution < 1.29 is 24.2 Å². The molecule has 5 heteroatoms. The Morgan fingerprint density at radius 3 is 2.11 bits per heavy atom. The smallest absolute Gasteiger partial charge is 0.306 e. The van der Waals surface area contributed by atoms with Gasteiger partial charge >= 0.3 is 11.9 Å². The van der Waals surface area contributed by atoms with Crippen molar-refractivity contribution in [2.75, 3.05) is 13.2 Å². The minimum atomic E-state index is -0.769. The fourth-order valence-corrected chi connectivity index (χ4v) is 2.66. The summed E-state index contributed by atoms with van der Waals surface area (Å²) in [5, 5.41) is 9.11. The molecule has 1 N–H and O–H groups in total. The van der Waals surface area contributed by atoms with Gasteiger partial charge in [-0.3, -0.25) is 9.59 Å². The summed E-state index contributed by atoms with van der Waals surface area (Å²) < 4.78 is 9.83. The maximum absolute atomic E-state index is 11.7. The first kappa shape index (κ1) is 26.4. The van der Waals surface area contributed by atoms with Crippen molar-refractivity contribution in [2.24, 2.45) is 0 Å². The SMILES string of the molecule is CCCCC/C=C\C/C=C\CCCCCCCC(=O)OC(CO)COC(C)=O. The van der Waals surface area contributed by atoms with Crippen LogP contribution < -0.4 is 0 Å². The highest BCUT2D eigenvalue weighted by Gasteiger charge is 2.14. The zero-order valence-corrected chi connectivity index (χ0v) is 17.9. The molecule has 1 atom stereocenters. The van der Waals surface area contributed by atoms with Crippen LogP contribution in [0.3, 0.4) is 0 Å². The van der Waals surface area contributed by atoms with Gasteiger partial charge in [-0.2, -0.15) is 0 Å². The maximum Gasteiger partial charge on any atom is 0.306 e. The van der Waals surface area contributed by atoms with Crippen LogP contribution in [0.2, 0.25) is 0 Å². The van der Waals surface area contributed by atoms with E-state index in [1.165, 1.54) is 39.0 Å². The zero-order chi connectivity index (χ0) is 20.9. The summed E-state index contributed by atoms with van der Waals surface area (Å²) in [6.45, 7) is 3.06. The third-order valence-electron chi connectivity index (χ3n) is 4.31. The first-order valence-electron chi connectivity index (χ1n) is 10.8. The van der Waals surface area contributed by atoms with Gasteiger partial charge in [-0.1, -0.05) is 63.3 Å². The van der Waals surface area contributed by atoms with Gasteiger partial charge in [0, 0.05) is 13.3 Å². The second-order valence-electron chi connectivity index (χ2n) is 7.08. The summed E-state index contributed by atoms with van der Waals surface area (Å²) in [6.07, 6.45) is 21.0. The third kappa shape index (κ3) is 19.2. The van der Waals surface area contributed by atoms with E-state index in [1.807, 2.05) is 0 Å². The lowest BCUT2D eigenvalue weighted by Gasteiger charge is -2.15. The molecule has 0 rings (SSSR count). The highest BCUT2D eigenvalue weighted by atomic mass is 16.6. The molecular weight excluding hydrogens is 356 g/mol. The fraction of sp³-hybridized carbons (Fsp3) is 0.739. The second-order valence-corrected chi connectivity index (χ2v) is 7.08. The molecule has 5 nitrogen and oxygen atoms in total. The van der Waals surface area contributed by atoms with Gasteiger partial charge in [0.25, 0.3) is 0 Å². The van der Waals surface area contributed by atoms with E-state index in [4.69, 9.17) is 14.6 Å². The van der Waals surface area contributed by atoms with Crippen molar-refractivity contribution in [2.45, 2.75) is 97.0 Å². The topological polar surface area (TPSA) is 72.8 Å². The van der Waals surface area contributed by atoms with Gasteiger partial charge in [0.15, 0.2) is 6.10 Å². The highest BCUT2D eigenvalue weighted by molar-refractivity contribution is 5.69. The molecule has 0 aliphatic carbocycles. The summed E-state index contributed by atoms with van der Waals surface area (Å²) in [5.41, 5.74) is 0. The summed E-state index contributed by atoms with van der Waals surface area (Å²) in [7, 11) is 0. The number of esters is 2. The summed E-state index contributed by atoms with van der Waals surface area (Å²) in [6, 6.07) is 0. The standard InChI is InChI=1S/C23H40O5/c1-3-4-5-6-7-8-9-10-11-12-13-14-15-16-17-18-23(26)28-22(19-24)20-27-21(2)25/h7-8,10-11,22,24H,3-6,9,12-20H2,1-2H3/b8-7-,11-10-. The van der Waals surface area contributed by atoms with E-state index < -0.39 is 12.1 Å². The Balaban J connectivity index is 3.49. The van der Waals surface area contributed by atoms with Crippen LogP contribution in [0, 0.1) is 0 Å². The molecule has 0 aromatic heterocycles. The molecule has 0 fully saturated rings. The number of rotatable bonds is 18. The van der Waals surface area contributed by atoms with E-state index >= 15 is 0 Å². The van der Waals surface area contributed by atoms with Crippen molar-refractivity contribution in [3.8, 4) is 0 Å². The molecule has 0 aliphatic rings. The Kier molecular flexibility index (Phi) is 19.0. The first-order valence-corrected chi connectivity index (χ1v) is 10.8. The molecule has 1 unspecified atom stereocenters. The number of unbranched alkanes of at least 4 members (excludes halogenated alkanes) is 8. The van der Waals surface area contributed by atoms with Crippen LogP contribution in [0.15, 0.2) is 24.3 Å². The van der Waals surface area contributed by atoms with E-state index in [9.17, 15) is 9.59 Å². The van der Waals surface area contributed by atoms with Gasteiger partial charge in [-0.05, 0) is 38.5 Å². The average molecular weight is 397 g/mol. The highest BCUT2D eigenvalue weighted by Crippen LogP contribution is 2.09. The number of allylic oxidation sites excluding steroid dienone is 4. The number of hydrogen-bond donors (Lipinski definition) is 1. The number of aliphatic hydroxyl groups is 1. The zero-order valence-electron chi connectivity index (χ0n) is 17.9. The predicted molar refractivity (Wildman–Crippen MR) is 113 cm³/mol. The predicted octanol–water partition coefficient (Wildman–Crippen LogP) is 5.27. The Hall–Kier alpha value is -1.62. The molecule has 0 bridgehead atoms. The lowest BCUT2D eigenvalue weighted by Crippen LogP contribution is -2.28. The quantitative estimate of drug-likeness (QED) is 0.194. The first-order chi connectivity index (χ1) is 13.6. The van der Waals surface area contributed by atoms with E-state index in [0.717, 1.165) is 38.5 Å². The van der Waals surface area contributed by atoms with Gasteiger partial charge in [0.05, 0.1) is 6.61 Å². The van der Waals surface area contributed by atoms with Gasteiger partial charge in [0.1, 0.15) is 6.61 Å². The Bertz CT molecular complexity index is 442. The molecule has 0 saturated carbocycles. The lowest BCUT2D eigenvalue weighted by atomic mass is 10.1. The monoisotopic (exact) mass is 396 g/mol. The van der Waals surface area contributed by atoms with Crippen molar-refractivity contribution in [3.63, 3.8) is 0 Å². The van der Waals surface area contributed by atoms with Crippen molar-refractivity contribution in [1.29, 1.82) is 0 Å². The normalized spacial score (nSPS) is 12.5. The van der Waals surface area contributed by atoms with Crippen LogP contribution in [0.1, 0.15) is 90.9 Å². The summed E-state index contributed by atoms with van der Waals surface area (Å²) in [4.78, 5) is 22.4. The van der Waals surface area contributed by atoms with Gasteiger partial charge in [-0.15, -0.1) is 0 Å². The second kappa shape index (κ2) is 20.1. The van der Waals surface area contributed by atoms with Gasteiger partial charge < -0.3 is 14.6 Å². The molecule has 0 saturated heterocycles. The fourth-order valence-electron chi connectivity index (χ4n) is 2.66. The Morgan fingerprint density at radius 2 is 1.50 bits per heavy atom. The lowest BCUT2D eigenvalue weighted by molar-refractivity contribution is -0.160. The largest absolute Gasteiger partial charge is 0.462 e. The number of carbonyl (C=O) groups excluding carboxylic acids is 2. The molecule has 0 heterocycles. The maximum atomic E-state index is 11.7. The number of hydrogen-bond acceptors (Lipinski definition) is 5. The van der Waals surface area contributed by atoms with Crippen LogP contribution in [0.25, 0.3) is 0 Å². The molecule has 0 aromatic rings. The van der Waals surface area contributed by atoms with E-state index in [-0.39, 0.29) is 19.2 Å². The molecule has 0 aliphatic heterocycles. The van der Waals surface area contributed by atoms with E-state index in [1.54, 1.807) is 0 Å². The molecule has 0 radical (unpaired) electrons. The third-order valence-corrected chi connectivity index (χ3v) is 4.31. The van der Waals surface area contributed by atoms with Crippen molar-refractivity contribution >= 4 is 11.9 Å². The number of aliphatic hydroxyl groups excluding tert-OH is 1. The Morgan fingerprint density at radius 1 is 0.893 bits per heavy atom. The van der Waals surface area contributed by atoms with Crippen LogP contribution in [-0.2, 0) is 19.1 Å². The average Bonchev–Trinajstić information content (AvgIpc) is 2.68. The number of carbonyl (C=O) groups is 2. The van der Waals surface area contributed by atoms with E-state index in [2.05, 4.69) is 31.2 Å². The van der Waals surface area contributed by atoms with Crippen LogP contribution >= 0.6 is 0 Å². The molecule has 0 spiro atoms. The van der Waals surface area contributed by atoms with Crippen LogP contribution in [-0.4, -0.2) is 36.4 Å². The summed E-state index contributed by atoms with van der Waals surface area (Å²) >= 11 is 0. The minimum Gasteiger partial charge on any atom is -0.462 e. The van der Waals surface area contributed by atoms with Crippen molar-refractivity contribution in [1.82, 2.24) is 0 Å². The van der Waals surface area contributed by atoms with Crippen LogP contribution in [0.5, 0.6) is 0 Å². The minimum absolute atomic E-state index is 0.0975. The summed E-state index contributed by atoms with van der Waals surface area (Å²) in [5.74, 6) is -0.805. The van der Waals surface area contributed by atoms with Crippen LogP contribution in [0.4, 0.5) is 0 Å². The van der Waals surface area contributed by atoms with Crippen molar-refractivity contribution in [3.05, 3.63) is 24.3 Å². The molecule has 0 aromatic carbocycles. The van der Waals surface area contributed by atoms with Gasteiger partial charge in [-0.25, -0.2) is 0 Å². The molecule has 162 valence electrons. The van der Waals surface area contributed by atoms with Gasteiger partial charge in [0.2, 0.25) is 0 Å². The Labute approximate surface area is 171 Å². The molecular formula is C23H40O5. The molecule has 28 heavy (non-hydrogen) atoms. The number of ether oxygens (including phenoxy) is 2.